The molecule has 0 aliphatic carbocycles. The van der Waals surface area contributed by atoms with Crippen LogP contribution in [0, 0.1) is 6.92 Å². The molecule has 0 aliphatic heterocycles. The predicted molar refractivity (Wildman–Crippen MR) is 165 cm³/mol. The molecule has 0 saturated carbocycles. The lowest BCUT2D eigenvalue weighted by Crippen LogP contribution is -2.19. The van der Waals surface area contributed by atoms with Crippen molar-refractivity contribution in [1.29, 1.82) is 0 Å². The average Bonchev–Trinajstić information content (AvgIpc) is 2.97. The number of hydrogen-bond donors (Lipinski definition) is 2. The fourth-order valence-electron chi connectivity index (χ4n) is 3.79. The molecule has 0 saturated heterocycles. The molecule has 0 unspecified atom stereocenters. The molecular weight excluding hydrogens is 590 g/mol. The van der Waals surface area contributed by atoms with Gasteiger partial charge in [0.05, 0.1) is 16.9 Å². The number of pyridine rings is 1. The summed E-state index contributed by atoms with van der Waals surface area (Å²) in [5.41, 5.74) is 1.41. The van der Waals surface area contributed by atoms with Gasteiger partial charge in [0.25, 0.3) is 10.0 Å². The van der Waals surface area contributed by atoms with Crippen LogP contribution in [-0.2, 0) is 20.2 Å². The monoisotopic (exact) mass is 623 g/mol. The molecule has 2 heterocycles. The van der Waals surface area contributed by atoms with Crippen LogP contribution in [0.3, 0.4) is 0 Å². The minimum absolute atomic E-state index is 0.0367. The van der Waals surface area contributed by atoms with Crippen LogP contribution in [0.5, 0.6) is 11.6 Å². The number of nitrogens with zero attached hydrogens (tertiary/aromatic N) is 3. The first kappa shape index (κ1) is 31.6. The number of ether oxygens (including phenoxy) is 3. The van der Waals surface area contributed by atoms with Gasteiger partial charge >= 0.3 is 6.09 Å². The van der Waals surface area contributed by atoms with Crippen molar-refractivity contribution >= 4 is 39.4 Å². The van der Waals surface area contributed by atoms with Gasteiger partial charge in [-0.15, -0.1) is 0 Å². The Labute approximate surface area is 255 Å². The summed E-state index contributed by atoms with van der Waals surface area (Å²) < 4.78 is 46.2. The van der Waals surface area contributed by atoms with Crippen molar-refractivity contribution in [2.75, 3.05) is 30.4 Å². The van der Waals surface area contributed by atoms with Crippen molar-refractivity contribution in [3.05, 3.63) is 84.4 Å². The number of carbonyl (C=O) groups is 1. The Bertz CT molecular complexity index is 1660. The Morgan fingerprint density at radius 2 is 1.65 bits per heavy atom. The lowest BCUT2D eigenvalue weighted by atomic mass is 9.87. The molecule has 43 heavy (non-hydrogen) atoms. The van der Waals surface area contributed by atoms with Gasteiger partial charge in [0.2, 0.25) is 5.88 Å². The minimum atomic E-state index is -4.03. The van der Waals surface area contributed by atoms with E-state index in [1.807, 2.05) is 18.2 Å². The maximum absolute atomic E-state index is 13.5. The van der Waals surface area contributed by atoms with E-state index in [1.165, 1.54) is 11.8 Å². The highest BCUT2D eigenvalue weighted by Gasteiger charge is 2.24. The second-order valence-corrected chi connectivity index (χ2v) is 13.0. The van der Waals surface area contributed by atoms with Gasteiger partial charge in [-0.1, -0.05) is 56.8 Å². The summed E-state index contributed by atoms with van der Waals surface area (Å²) in [6, 6.07) is 17.2. The van der Waals surface area contributed by atoms with E-state index in [9.17, 15) is 13.2 Å². The number of benzene rings is 2. The van der Waals surface area contributed by atoms with E-state index in [1.54, 1.807) is 68.9 Å². The second-order valence-electron chi connectivity index (χ2n) is 10.2. The summed E-state index contributed by atoms with van der Waals surface area (Å²) in [7, 11) is -2.48. The molecule has 4 aromatic rings. The fourth-order valence-corrected chi connectivity index (χ4v) is 5.87. The first-order valence-corrected chi connectivity index (χ1v) is 15.6. The highest BCUT2D eigenvalue weighted by Crippen LogP contribution is 2.42. The van der Waals surface area contributed by atoms with Crippen molar-refractivity contribution in [2.24, 2.45) is 0 Å². The smallest absolute Gasteiger partial charge is 0.411 e. The summed E-state index contributed by atoms with van der Waals surface area (Å²) in [4.78, 5) is 26.0. The SMILES string of the molecule is COc1ccccc1Sc1c(NS(=O)(=O)c2ccc(C(C)(C)C)cc2)nc(C)nc1OCCOC(=O)Nc1ccncc1. The molecule has 0 aliphatic rings. The van der Waals surface area contributed by atoms with Crippen molar-refractivity contribution in [3.8, 4) is 11.6 Å². The first-order chi connectivity index (χ1) is 20.5. The maximum atomic E-state index is 13.5. The third kappa shape index (κ3) is 8.58. The third-order valence-corrected chi connectivity index (χ3v) is 8.46. The van der Waals surface area contributed by atoms with Gasteiger partial charge in [0.1, 0.15) is 29.7 Å². The molecule has 0 spiro atoms. The number of hydrogen-bond acceptors (Lipinski definition) is 10. The Morgan fingerprint density at radius 3 is 2.33 bits per heavy atom. The number of aromatic nitrogens is 3. The largest absolute Gasteiger partial charge is 0.496 e. The molecule has 2 N–H and O–H groups in total. The van der Waals surface area contributed by atoms with Crippen LogP contribution in [0.15, 0.2) is 87.7 Å². The summed E-state index contributed by atoms with van der Waals surface area (Å²) in [5, 5.41) is 2.59. The Kier molecular flexibility index (Phi) is 10.1. The van der Waals surface area contributed by atoms with E-state index in [4.69, 9.17) is 14.2 Å². The molecule has 0 atom stereocenters. The number of anilines is 2. The minimum Gasteiger partial charge on any atom is -0.496 e. The number of rotatable bonds is 11. The Balaban J connectivity index is 1.59. The van der Waals surface area contributed by atoms with Crippen molar-refractivity contribution in [1.82, 2.24) is 15.0 Å². The molecule has 4 rings (SSSR count). The molecule has 226 valence electrons. The number of aryl methyl sites for hydroxylation is 1. The summed E-state index contributed by atoms with van der Waals surface area (Å²) in [6.07, 6.45) is 2.43. The normalized spacial score (nSPS) is 11.5. The fraction of sp³-hybridized carbons (Fsp3) is 0.267. The summed E-state index contributed by atoms with van der Waals surface area (Å²) in [6.45, 7) is 7.64. The molecule has 1 amide bonds. The van der Waals surface area contributed by atoms with Crippen molar-refractivity contribution in [2.45, 2.75) is 47.8 Å². The van der Waals surface area contributed by atoms with Gasteiger partial charge in [0, 0.05) is 18.1 Å². The number of para-hydroxylation sites is 1. The number of amides is 1. The maximum Gasteiger partial charge on any atom is 0.411 e. The van der Waals surface area contributed by atoms with Gasteiger partial charge in [-0.2, -0.15) is 4.98 Å². The zero-order chi connectivity index (χ0) is 31.0. The number of nitrogens with one attached hydrogen (secondary N) is 2. The zero-order valence-electron chi connectivity index (χ0n) is 24.5. The van der Waals surface area contributed by atoms with Crippen LogP contribution in [0.4, 0.5) is 16.3 Å². The van der Waals surface area contributed by atoms with Crippen LogP contribution in [0.25, 0.3) is 0 Å². The third-order valence-electron chi connectivity index (χ3n) is 5.97. The highest BCUT2D eigenvalue weighted by atomic mass is 32.2. The molecule has 0 bridgehead atoms. The second kappa shape index (κ2) is 13.7. The lowest BCUT2D eigenvalue weighted by Gasteiger charge is -2.19. The lowest BCUT2D eigenvalue weighted by molar-refractivity contribution is 0.135. The predicted octanol–water partition coefficient (Wildman–Crippen LogP) is 6.07. The molecule has 0 radical (unpaired) electrons. The Morgan fingerprint density at radius 1 is 0.953 bits per heavy atom. The zero-order valence-corrected chi connectivity index (χ0v) is 26.1. The van der Waals surface area contributed by atoms with E-state index in [0.29, 0.717) is 21.2 Å². The van der Waals surface area contributed by atoms with Gasteiger partial charge in [0.15, 0.2) is 5.82 Å². The van der Waals surface area contributed by atoms with Crippen LogP contribution < -0.4 is 19.5 Å². The van der Waals surface area contributed by atoms with E-state index in [-0.39, 0.29) is 41.0 Å². The molecule has 2 aromatic carbocycles. The molecule has 13 heteroatoms. The average molecular weight is 624 g/mol. The van der Waals surface area contributed by atoms with Gasteiger partial charge in [-0.3, -0.25) is 15.0 Å². The molecule has 2 aromatic heterocycles. The number of sulfonamides is 1. The quantitative estimate of drug-likeness (QED) is 0.189. The van der Waals surface area contributed by atoms with Crippen LogP contribution in [0.1, 0.15) is 32.2 Å². The van der Waals surface area contributed by atoms with Gasteiger partial charge in [-0.05, 0) is 54.3 Å². The Hall–Kier alpha value is -4.36. The first-order valence-electron chi connectivity index (χ1n) is 13.3. The molecule has 11 nitrogen and oxygen atoms in total. The van der Waals surface area contributed by atoms with E-state index >= 15 is 0 Å². The van der Waals surface area contributed by atoms with E-state index in [2.05, 4.69) is 45.8 Å². The van der Waals surface area contributed by atoms with E-state index < -0.39 is 16.1 Å². The van der Waals surface area contributed by atoms with Crippen molar-refractivity contribution < 1.29 is 27.4 Å². The highest BCUT2D eigenvalue weighted by molar-refractivity contribution is 7.99. The van der Waals surface area contributed by atoms with Crippen LogP contribution in [-0.4, -0.2) is 49.8 Å². The van der Waals surface area contributed by atoms with Gasteiger partial charge < -0.3 is 14.2 Å². The summed E-state index contributed by atoms with van der Waals surface area (Å²) in [5.74, 6) is 0.996. The molecular formula is C30H33N5O6S2. The van der Waals surface area contributed by atoms with Gasteiger partial charge in [-0.25, -0.2) is 18.2 Å². The van der Waals surface area contributed by atoms with Crippen molar-refractivity contribution in [3.63, 3.8) is 0 Å². The summed E-state index contributed by atoms with van der Waals surface area (Å²) >= 11 is 1.18. The topological polar surface area (TPSA) is 142 Å². The van der Waals surface area contributed by atoms with E-state index in [0.717, 1.165) is 5.56 Å². The number of methoxy groups -OCH3 is 1. The van der Waals surface area contributed by atoms with Crippen LogP contribution in [0.2, 0.25) is 0 Å². The molecule has 0 fully saturated rings. The van der Waals surface area contributed by atoms with Crippen LogP contribution >= 0.6 is 11.8 Å². The number of carbonyl (C=O) groups excluding carboxylic acids is 1. The standard InChI is InChI=1S/C30H33N5O6S2/c1-20-32-27(35-43(37,38)23-12-10-21(11-13-23)30(2,3)4)26(42-25-9-7-6-8-24(25)39-5)28(33-20)40-18-19-41-29(36)34-22-14-16-31-17-15-22/h6-17H,18-19H2,1-5H3,(H,31,34,36)(H,32,33,35).